The number of rotatable bonds is 4. The fourth-order valence-corrected chi connectivity index (χ4v) is 3.04. The first-order valence-electron chi connectivity index (χ1n) is 8.01. The van der Waals surface area contributed by atoms with Crippen molar-refractivity contribution < 1.29 is 14.3 Å². The van der Waals surface area contributed by atoms with Gasteiger partial charge in [-0.2, -0.15) is 5.10 Å². The van der Waals surface area contributed by atoms with Gasteiger partial charge in [0, 0.05) is 26.0 Å². The van der Waals surface area contributed by atoms with Crippen LogP contribution in [-0.2, 0) is 16.6 Å². The minimum Gasteiger partial charge on any atom is -0.480 e. The summed E-state index contributed by atoms with van der Waals surface area (Å²) < 4.78 is 12.9. The van der Waals surface area contributed by atoms with E-state index in [-0.39, 0.29) is 17.9 Å². The van der Waals surface area contributed by atoms with E-state index in [1.807, 2.05) is 26.1 Å². The molecule has 1 aliphatic rings. The van der Waals surface area contributed by atoms with Gasteiger partial charge in [0.2, 0.25) is 11.8 Å². The highest BCUT2D eigenvalue weighted by atomic mass is 16.5. The molecule has 128 valence electrons. The lowest BCUT2D eigenvalue weighted by atomic mass is 9.91. The van der Waals surface area contributed by atoms with Crippen molar-refractivity contribution in [1.29, 1.82) is 0 Å². The van der Waals surface area contributed by atoms with Gasteiger partial charge in [-0.25, -0.2) is 4.98 Å². The first kappa shape index (κ1) is 16.4. The number of carbonyl (C=O) groups excluding carboxylic acids is 1. The number of ether oxygens (including phenoxy) is 2. The Morgan fingerprint density at radius 2 is 2.33 bits per heavy atom. The average Bonchev–Trinajstić information content (AvgIpc) is 3.01. The number of nitrogens with one attached hydrogen (secondary N) is 1. The molecule has 3 heterocycles. The highest BCUT2D eigenvalue weighted by Gasteiger charge is 2.35. The molecule has 0 unspecified atom stereocenters. The topological polar surface area (TPSA) is 78.3 Å². The number of anilines is 1. The van der Waals surface area contributed by atoms with Crippen molar-refractivity contribution in [2.24, 2.45) is 13.0 Å². The van der Waals surface area contributed by atoms with Gasteiger partial charge in [-0.05, 0) is 37.5 Å². The Bertz CT molecular complexity index is 728. The highest BCUT2D eigenvalue weighted by Crippen LogP contribution is 2.35. The molecule has 2 aromatic heterocycles. The lowest BCUT2D eigenvalue weighted by Crippen LogP contribution is -2.34. The van der Waals surface area contributed by atoms with E-state index in [1.165, 1.54) is 7.11 Å². The van der Waals surface area contributed by atoms with Crippen LogP contribution in [0.4, 0.5) is 5.69 Å². The van der Waals surface area contributed by atoms with Gasteiger partial charge in [0.1, 0.15) is 11.8 Å². The number of carbonyl (C=O) groups is 1. The molecule has 0 aliphatic carbocycles. The van der Waals surface area contributed by atoms with E-state index < -0.39 is 0 Å². The number of aromatic nitrogens is 3. The fraction of sp³-hybridized carbons (Fsp3) is 0.471. The largest absolute Gasteiger partial charge is 0.480 e. The summed E-state index contributed by atoms with van der Waals surface area (Å²) >= 11 is 0. The van der Waals surface area contributed by atoms with Crippen LogP contribution in [0.2, 0.25) is 0 Å². The predicted molar refractivity (Wildman–Crippen MR) is 88.8 cm³/mol. The maximum absolute atomic E-state index is 12.9. The molecule has 1 amide bonds. The molecule has 2 aromatic rings. The summed E-state index contributed by atoms with van der Waals surface area (Å²) in [5.74, 6) is 0.0359. The second kappa shape index (κ2) is 7.00. The number of nitrogens with zero attached hydrogens (tertiary/aromatic N) is 3. The Balaban J connectivity index is 1.82. The molecule has 3 rings (SSSR count). The van der Waals surface area contributed by atoms with Crippen LogP contribution in [0.3, 0.4) is 0 Å². The van der Waals surface area contributed by atoms with Gasteiger partial charge in [-0.15, -0.1) is 0 Å². The van der Waals surface area contributed by atoms with Gasteiger partial charge in [-0.3, -0.25) is 9.48 Å². The number of hydrogen-bond acceptors (Lipinski definition) is 5. The third-order valence-corrected chi connectivity index (χ3v) is 4.25. The molecule has 1 aliphatic heterocycles. The summed E-state index contributed by atoms with van der Waals surface area (Å²) in [6.45, 7) is 2.57. The average molecular weight is 330 g/mol. The van der Waals surface area contributed by atoms with E-state index in [4.69, 9.17) is 9.47 Å². The van der Waals surface area contributed by atoms with Crippen molar-refractivity contribution in [3.05, 3.63) is 35.8 Å². The third kappa shape index (κ3) is 3.26. The van der Waals surface area contributed by atoms with Gasteiger partial charge in [0.05, 0.1) is 18.7 Å². The van der Waals surface area contributed by atoms with Crippen LogP contribution in [0.25, 0.3) is 0 Å². The standard InChI is InChI=1S/C17H22N4O3/c1-11-9-13(17(23-3)18-10-11)20-16(22)12-5-4-8-24-15(12)14-6-7-19-21(14)2/h6-7,9-10,12,15H,4-5,8H2,1-3H3,(H,20,22)/t12-,15-/m1/s1. The van der Waals surface area contributed by atoms with Crippen LogP contribution in [0.5, 0.6) is 5.88 Å². The van der Waals surface area contributed by atoms with Crippen LogP contribution in [-0.4, -0.2) is 34.4 Å². The Morgan fingerprint density at radius 3 is 3.04 bits per heavy atom. The SMILES string of the molecule is COc1ncc(C)cc1NC(=O)[C@@H]1CCCO[C@H]1c1ccnn1C. The molecule has 1 N–H and O–H groups in total. The van der Waals surface area contributed by atoms with Crippen molar-refractivity contribution in [2.45, 2.75) is 25.9 Å². The zero-order valence-corrected chi connectivity index (χ0v) is 14.2. The van der Waals surface area contributed by atoms with Gasteiger partial charge >= 0.3 is 0 Å². The Kier molecular flexibility index (Phi) is 4.80. The van der Waals surface area contributed by atoms with Gasteiger partial charge < -0.3 is 14.8 Å². The number of amides is 1. The van der Waals surface area contributed by atoms with Crippen LogP contribution >= 0.6 is 0 Å². The lowest BCUT2D eigenvalue weighted by molar-refractivity contribution is -0.129. The van der Waals surface area contributed by atoms with Crippen molar-refractivity contribution in [1.82, 2.24) is 14.8 Å². The van der Waals surface area contributed by atoms with Gasteiger partial charge in [0.15, 0.2) is 0 Å². The maximum Gasteiger partial charge on any atom is 0.237 e. The molecule has 0 saturated carbocycles. The maximum atomic E-state index is 12.9. The number of pyridine rings is 1. The summed E-state index contributed by atoms with van der Waals surface area (Å²) in [6, 6.07) is 3.75. The van der Waals surface area contributed by atoms with Crippen molar-refractivity contribution >= 4 is 11.6 Å². The lowest BCUT2D eigenvalue weighted by Gasteiger charge is -2.31. The van der Waals surface area contributed by atoms with E-state index in [0.29, 0.717) is 18.2 Å². The number of aryl methyl sites for hydroxylation is 2. The molecule has 1 saturated heterocycles. The minimum atomic E-state index is -0.296. The normalized spacial score (nSPS) is 20.6. The van der Waals surface area contributed by atoms with Crippen LogP contribution in [0.1, 0.15) is 30.2 Å². The Hall–Kier alpha value is -2.41. The minimum absolute atomic E-state index is 0.0911. The van der Waals surface area contributed by atoms with Gasteiger partial charge in [-0.1, -0.05) is 0 Å². The molecule has 24 heavy (non-hydrogen) atoms. The highest BCUT2D eigenvalue weighted by molar-refractivity contribution is 5.94. The number of hydrogen-bond donors (Lipinski definition) is 1. The van der Waals surface area contributed by atoms with E-state index in [2.05, 4.69) is 15.4 Å². The molecule has 0 bridgehead atoms. The second-order valence-electron chi connectivity index (χ2n) is 5.98. The van der Waals surface area contributed by atoms with Crippen LogP contribution in [0.15, 0.2) is 24.5 Å². The molecule has 0 spiro atoms. The predicted octanol–water partition coefficient (Wildman–Crippen LogP) is 2.24. The molecular formula is C17H22N4O3. The van der Waals surface area contributed by atoms with E-state index in [0.717, 1.165) is 24.1 Å². The van der Waals surface area contributed by atoms with Crippen LogP contribution in [0, 0.1) is 12.8 Å². The summed E-state index contributed by atoms with van der Waals surface area (Å²) in [4.78, 5) is 17.1. The molecule has 1 fully saturated rings. The number of methoxy groups -OCH3 is 1. The Morgan fingerprint density at radius 1 is 1.50 bits per heavy atom. The van der Waals surface area contributed by atoms with Crippen molar-refractivity contribution in [3.63, 3.8) is 0 Å². The summed E-state index contributed by atoms with van der Waals surface area (Å²) in [7, 11) is 3.39. The van der Waals surface area contributed by atoms with Crippen molar-refractivity contribution in [3.8, 4) is 5.88 Å². The second-order valence-corrected chi connectivity index (χ2v) is 5.98. The van der Waals surface area contributed by atoms with Gasteiger partial charge in [0.25, 0.3) is 0 Å². The summed E-state index contributed by atoms with van der Waals surface area (Å²) in [5, 5.41) is 7.13. The zero-order chi connectivity index (χ0) is 17.1. The fourth-order valence-electron chi connectivity index (χ4n) is 3.04. The van der Waals surface area contributed by atoms with E-state index in [9.17, 15) is 4.79 Å². The zero-order valence-electron chi connectivity index (χ0n) is 14.2. The van der Waals surface area contributed by atoms with Crippen LogP contribution < -0.4 is 10.1 Å². The smallest absolute Gasteiger partial charge is 0.237 e. The Labute approximate surface area is 141 Å². The summed E-state index contributed by atoms with van der Waals surface area (Å²) in [5.41, 5.74) is 2.44. The molecule has 0 radical (unpaired) electrons. The first-order valence-corrected chi connectivity index (χ1v) is 8.01. The molecular weight excluding hydrogens is 308 g/mol. The molecule has 7 heteroatoms. The molecule has 7 nitrogen and oxygen atoms in total. The monoisotopic (exact) mass is 330 g/mol. The van der Waals surface area contributed by atoms with E-state index in [1.54, 1.807) is 17.1 Å². The third-order valence-electron chi connectivity index (χ3n) is 4.25. The first-order chi connectivity index (χ1) is 11.6. The quantitative estimate of drug-likeness (QED) is 0.930. The molecule has 0 aromatic carbocycles. The summed E-state index contributed by atoms with van der Waals surface area (Å²) in [6.07, 6.45) is 4.75. The molecule has 2 atom stereocenters. The van der Waals surface area contributed by atoms with E-state index >= 15 is 0 Å². The van der Waals surface area contributed by atoms with Crippen molar-refractivity contribution in [2.75, 3.05) is 19.0 Å².